The highest BCUT2D eigenvalue weighted by Gasteiger charge is 2.13. The number of aromatic carboxylic acids is 1. The van der Waals surface area contributed by atoms with Gasteiger partial charge in [0.05, 0.1) is 5.56 Å². The summed E-state index contributed by atoms with van der Waals surface area (Å²) in [6.45, 7) is 9.02. The van der Waals surface area contributed by atoms with Gasteiger partial charge in [-0.05, 0) is 44.2 Å². The molecule has 1 N–H and O–H groups in total. The lowest BCUT2D eigenvalue weighted by atomic mass is 10.1. The number of ether oxygens (including phenoxy) is 1. The van der Waals surface area contributed by atoms with E-state index >= 15 is 0 Å². The van der Waals surface area contributed by atoms with Crippen molar-refractivity contribution < 1.29 is 14.6 Å². The fourth-order valence-electron chi connectivity index (χ4n) is 2.29. The molecule has 132 valence electrons. The Labute approximate surface area is 156 Å². The third kappa shape index (κ3) is 5.06. The maximum absolute atomic E-state index is 11.0. The smallest absolute Gasteiger partial charge is 0.337 e. The van der Waals surface area contributed by atoms with Crippen molar-refractivity contribution in [1.29, 1.82) is 0 Å². The molecule has 2 aromatic rings. The van der Waals surface area contributed by atoms with E-state index < -0.39 is 5.97 Å². The summed E-state index contributed by atoms with van der Waals surface area (Å²) in [6.07, 6.45) is 3.02. The molecule has 0 amide bonds. The van der Waals surface area contributed by atoms with Crippen molar-refractivity contribution in [3.05, 3.63) is 64.8 Å². The van der Waals surface area contributed by atoms with E-state index in [0.29, 0.717) is 6.54 Å². The van der Waals surface area contributed by atoms with Crippen LogP contribution < -0.4 is 9.64 Å². The van der Waals surface area contributed by atoms with Gasteiger partial charge in [-0.25, -0.2) is 9.78 Å². The van der Waals surface area contributed by atoms with Crippen molar-refractivity contribution in [3.63, 3.8) is 0 Å². The van der Waals surface area contributed by atoms with Gasteiger partial charge >= 0.3 is 5.97 Å². The molecule has 0 aliphatic heterocycles. The second kappa shape index (κ2) is 8.67. The van der Waals surface area contributed by atoms with Gasteiger partial charge in [0.25, 0.3) is 0 Å². The van der Waals surface area contributed by atoms with Gasteiger partial charge < -0.3 is 14.7 Å². The maximum atomic E-state index is 11.0. The minimum Gasteiger partial charge on any atom is -0.486 e. The first-order valence-corrected chi connectivity index (χ1v) is 8.75. The van der Waals surface area contributed by atoms with Crippen molar-refractivity contribution in [2.24, 2.45) is 0 Å². The highest BCUT2D eigenvalue weighted by atomic mass is 79.9. The predicted octanol–water partition coefficient (Wildman–Crippen LogP) is 4.52. The first-order chi connectivity index (χ1) is 11.9. The number of carboxylic acid groups (broad SMARTS) is 1. The topological polar surface area (TPSA) is 62.7 Å². The number of carbonyl (C=O) groups is 1. The van der Waals surface area contributed by atoms with Crippen LogP contribution in [0.4, 0.5) is 5.82 Å². The van der Waals surface area contributed by atoms with E-state index in [2.05, 4.69) is 32.4 Å². The van der Waals surface area contributed by atoms with E-state index in [1.807, 2.05) is 32.0 Å². The fraction of sp³-hybridized carbons (Fsp3) is 0.263. The normalized spacial score (nSPS) is 11.6. The lowest BCUT2D eigenvalue weighted by Crippen LogP contribution is -2.24. The van der Waals surface area contributed by atoms with Gasteiger partial charge in [0, 0.05) is 29.3 Å². The van der Waals surface area contributed by atoms with Crippen molar-refractivity contribution in [1.82, 2.24) is 4.98 Å². The quantitative estimate of drug-likeness (QED) is 0.655. The minimum atomic E-state index is -0.983. The largest absolute Gasteiger partial charge is 0.486 e. The molecule has 1 aromatic carbocycles. The Morgan fingerprint density at radius 2 is 2.20 bits per heavy atom. The highest BCUT2D eigenvalue weighted by Crippen LogP contribution is 2.27. The Morgan fingerprint density at radius 1 is 1.44 bits per heavy atom. The Morgan fingerprint density at radius 3 is 2.76 bits per heavy atom. The molecule has 2 rings (SSSR count). The first kappa shape index (κ1) is 19.0. The number of benzene rings is 1. The molecule has 25 heavy (non-hydrogen) atoms. The number of nitrogens with zero attached hydrogens (tertiary/aromatic N) is 2. The van der Waals surface area contributed by atoms with Crippen LogP contribution in [0.15, 0.2) is 53.7 Å². The molecule has 1 heterocycles. The van der Waals surface area contributed by atoms with Gasteiger partial charge in [-0.1, -0.05) is 28.6 Å². The molecule has 0 saturated heterocycles. The van der Waals surface area contributed by atoms with E-state index in [1.54, 1.807) is 18.2 Å². The molecule has 0 saturated carbocycles. The van der Waals surface area contributed by atoms with Crippen LogP contribution in [0.2, 0.25) is 0 Å². The molecule has 0 aliphatic rings. The summed E-state index contributed by atoms with van der Waals surface area (Å²) in [5.74, 6) is 0.523. The summed E-state index contributed by atoms with van der Waals surface area (Å²) in [4.78, 5) is 17.3. The zero-order valence-electron chi connectivity index (χ0n) is 14.3. The maximum Gasteiger partial charge on any atom is 0.337 e. The fourth-order valence-corrected chi connectivity index (χ4v) is 2.70. The number of rotatable bonds is 8. The summed E-state index contributed by atoms with van der Waals surface area (Å²) >= 11 is 3.50. The SMILES string of the molecule is C=CC(C)Oc1ccc(Br)cc1CN(CC)c1ccc(C(=O)O)cn1. The van der Waals surface area contributed by atoms with Crippen LogP contribution in [0.1, 0.15) is 29.8 Å². The first-order valence-electron chi connectivity index (χ1n) is 7.96. The summed E-state index contributed by atoms with van der Waals surface area (Å²) in [5.41, 5.74) is 1.18. The molecule has 0 aliphatic carbocycles. The van der Waals surface area contributed by atoms with E-state index in [1.165, 1.54) is 6.20 Å². The molecule has 0 radical (unpaired) electrons. The Kier molecular flexibility index (Phi) is 6.58. The van der Waals surface area contributed by atoms with Crippen molar-refractivity contribution >= 4 is 27.7 Å². The summed E-state index contributed by atoms with van der Waals surface area (Å²) in [6, 6.07) is 9.15. The Bertz CT molecular complexity index is 747. The molecule has 0 fully saturated rings. The van der Waals surface area contributed by atoms with E-state index in [-0.39, 0.29) is 11.7 Å². The third-order valence-corrected chi connectivity index (χ3v) is 4.22. The molecule has 6 heteroatoms. The zero-order chi connectivity index (χ0) is 18.4. The van der Waals surface area contributed by atoms with Crippen LogP contribution >= 0.6 is 15.9 Å². The second-order valence-corrected chi connectivity index (χ2v) is 6.45. The lowest BCUT2D eigenvalue weighted by Gasteiger charge is -2.24. The number of aromatic nitrogens is 1. The lowest BCUT2D eigenvalue weighted by molar-refractivity contribution is 0.0696. The average Bonchev–Trinajstić information content (AvgIpc) is 2.61. The van der Waals surface area contributed by atoms with Crippen LogP contribution in [-0.2, 0) is 6.54 Å². The highest BCUT2D eigenvalue weighted by molar-refractivity contribution is 9.10. The molecular weight excluding hydrogens is 384 g/mol. The van der Waals surface area contributed by atoms with Gasteiger partial charge in [-0.2, -0.15) is 0 Å². The van der Waals surface area contributed by atoms with Crippen LogP contribution in [0, 0.1) is 0 Å². The van der Waals surface area contributed by atoms with Gasteiger partial charge in [-0.3, -0.25) is 0 Å². The molecule has 1 unspecified atom stereocenters. The predicted molar refractivity (Wildman–Crippen MR) is 102 cm³/mol. The van der Waals surface area contributed by atoms with Crippen molar-refractivity contribution in [2.75, 3.05) is 11.4 Å². The van der Waals surface area contributed by atoms with Crippen LogP contribution in [0.25, 0.3) is 0 Å². The van der Waals surface area contributed by atoms with Crippen LogP contribution in [0.5, 0.6) is 5.75 Å². The monoisotopic (exact) mass is 404 g/mol. The number of hydrogen-bond donors (Lipinski definition) is 1. The number of hydrogen-bond acceptors (Lipinski definition) is 4. The summed E-state index contributed by atoms with van der Waals surface area (Å²) in [5, 5.41) is 9.00. The summed E-state index contributed by atoms with van der Waals surface area (Å²) < 4.78 is 6.88. The van der Waals surface area contributed by atoms with Crippen LogP contribution in [0.3, 0.4) is 0 Å². The third-order valence-electron chi connectivity index (χ3n) is 3.73. The molecular formula is C19H21BrN2O3. The van der Waals surface area contributed by atoms with E-state index in [4.69, 9.17) is 9.84 Å². The number of anilines is 1. The average molecular weight is 405 g/mol. The zero-order valence-corrected chi connectivity index (χ0v) is 15.9. The van der Waals surface area contributed by atoms with E-state index in [9.17, 15) is 4.79 Å². The molecule has 0 bridgehead atoms. The molecule has 5 nitrogen and oxygen atoms in total. The Hall–Kier alpha value is -2.34. The molecule has 1 atom stereocenters. The van der Waals surface area contributed by atoms with Crippen molar-refractivity contribution in [2.45, 2.75) is 26.5 Å². The molecule has 0 spiro atoms. The standard InChI is InChI=1S/C19H21BrN2O3/c1-4-13(3)25-17-8-7-16(20)10-15(17)12-22(5-2)18-9-6-14(11-21-18)19(23)24/h4,6-11,13H,1,5,12H2,2-3H3,(H,23,24). The second-order valence-electron chi connectivity index (χ2n) is 5.54. The Balaban J connectivity index is 2.27. The van der Waals surface area contributed by atoms with E-state index in [0.717, 1.165) is 28.1 Å². The van der Waals surface area contributed by atoms with Crippen molar-refractivity contribution in [3.8, 4) is 5.75 Å². The number of pyridine rings is 1. The number of carboxylic acids is 1. The van der Waals surface area contributed by atoms with Gasteiger partial charge in [0.15, 0.2) is 0 Å². The minimum absolute atomic E-state index is 0.0945. The number of halogens is 1. The van der Waals surface area contributed by atoms with Crippen LogP contribution in [-0.4, -0.2) is 28.7 Å². The molecule has 1 aromatic heterocycles. The van der Waals surface area contributed by atoms with Gasteiger partial charge in [-0.15, -0.1) is 0 Å². The van der Waals surface area contributed by atoms with Gasteiger partial charge in [0.2, 0.25) is 0 Å². The van der Waals surface area contributed by atoms with Gasteiger partial charge in [0.1, 0.15) is 17.7 Å². The summed E-state index contributed by atoms with van der Waals surface area (Å²) in [7, 11) is 0.